The number of benzene rings is 4. The van der Waals surface area contributed by atoms with Crippen molar-refractivity contribution in [2.24, 2.45) is 5.92 Å². The second-order valence-corrected chi connectivity index (χ2v) is 8.42. The fourth-order valence-corrected chi connectivity index (χ4v) is 5.45. The Hall–Kier alpha value is -3.84. The second-order valence-electron chi connectivity index (χ2n) is 8.42. The van der Waals surface area contributed by atoms with Crippen LogP contribution in [-0.4, -0.2) is 6.10 Å². The third-order valence-electron chi connectivity index (χ3n) is 6.78. The molecule has 1 heterocycles. The predicted octanol–water partition coefficient (Wildman–Crippen LogP) is 7.50. The lowest BCUT2D eigenvalue weighted by atomic mass is 9.85. The molecule has 146 valence electrons. The first-order chi connectivity index (χ1) is 15.4. The van der Waals surface area contributed by atoms with Gasteiger partial charge in [0.25, 0.3) is 0 Å². The first-order valence-corrected chi connectivity index (χ1v) is 10.9. The topological polar surface area (TPSA) is 9.23 Å². The fourth-order valence-electron chi connectivity index (χ4n) is 5.45. The Balaban J connectivity index is 1.56. The van der Waals surface area contributed by atoms with Crippen molar-refractivity contribution in [2.45, 2.75) is 6.10 Å². The van der Waals surface area contributed by atoms with E-state index in [1.165, 1.54) is 49.7 Å². The van der Waals surface area contributed by atoms with Crippen LogP contribution >= 0.6 is 0 Å². The fraction of sp³-hybridized carbons (Fsp3) is 0.0667. The summed E-state index contributed by atoms with van der Waals surface area (Å²) >= 11 is 0. The standard InChI is InChI=1S/C30H20O/c1-3-9-19(10-4-1)21-15-17-24-28-25(30-29(24)23-13-7-8-14-26(23)31-30)18-16-22(27(21)28)20-11-5-2-6-12-20/h1-18,23,26H/t23-,26+/m0/s1. The molecule has 0 aromatic heterocycles. The molecule has 31 heavy (non-hydrogen) atoms. The van der Waals surface area contributed by atoms with Crippen molar-refractivity contribution in [3.63, 3.8) is 0 Å². The van der Waals surface area contributed by atoms with Gasteiger partial charge in [0.1, 0.15) is 11.9 Å². The number of allylic oxidation sites excluding steroid dienone is 2. The van der Waals surface area contributed by atoms with Gasteiger partial charge < -0.3 is 4.74 Å². The number of hydrogen-bond donors (Lipinski definition) is 0. The van der Waals surface area contributed by atoms with Crippen molar-refractivity contribution < 1.29 is 4.74 Å². The van der Waals surface area contributed by atoms with E-state index in [0.29, 0.717) is 5.92 Å². The Kier molecular flexibility index (Phi) is 3.45. The van der Waals surface area contributed by atoms with Crippen LogP contribution in [-0.2, 0) is 4.74 Å². The number of rotatable bonds is 2. The number of fused-ring (bicyclic) bond motifs is 4. The minimum Gasteiger partial charge on any atom is -0.484 e. The molecule has 0 saturated heterocycles. The molecule has 7 rings (SSSR count). The minimum atomic E-state index is 0.112. The maximum absolute atomic E-state index is 6.49. The van der Waals surface area contributed by atoms with Crippen molar-refractivity contribution in [3.05, 3.63) is 120 Å². The van der Waals surface area contributed by atoms with E-state index in [9.17, 15) is 0 Å². The average molecular weight is 396 g/mol. The molecule has 4 aromatic carbocycles. The van der Waals surface area contributed by atoms with Crippen molar-refractivity contribution in [3.8, 4) is 22.3 Å². The summed E-state index contributed by atoms with van der Waals surface area (Å²) in [6.45, 7) is 0. The van der Waals surface area contributed by atoms with Gasteiger partial charge in [-0.2, -0.15) is 0 Å². The second kappa shape index (κ2) is 6.33. The summed E-state index contributed by atoms with van der Waals surface area (Å²) in [6.07, 6.45) is 8.82. The number of ether oxygens (including phenoxy) is 1. The van der Waals surface area contributed by atoms with Gasteiger partial charge in [-0.25, -0.2) is 0 Å². The Morgan fingerprint density at radius 2 is 1.06 bits per heavy atom. The van der Waals surface area contributed by atoms with E-state index >= 15 is 0 Å². The van der Waals surface area contributed by atoms with E-state index in [1.807, 2.05) is 0 Å². The van der Waals surface area contributed by atoms with Gasteiger partial charge in [-0.3, -0.25) is 0 Å². The van der Waals surface area contributed by atoms with Crippen LogP contribution in [0.3, 0.4) is 0 Å². The van der Waals surface area contributed by atoms with E-state index < -0.39 is 0 Å². The summed E-state index contributed by atoms with van der Waals surface area (Å²) in [6, 6.07) is 30.6. The first kappa shape index (κ1) is 16.9. The molecule has 0 amide bonds. The highest BCUT2D eigenvalue weighted by Crippen LogP contribution is 2.55. The van der Waals surface area contributed by atoms with Gasteiger partial charge >= 0.3 is 0 Å². The molecular formula is C30H20O. The van der Waals surface area contributed by atoms with E-state index in [1.54, 1.807) is 0 Å². The summed E-state index contributed by atoms with van der Waals surface area (Å²) in [7, 11) is 0. The van der Waals surface area contributed by atoms with Crippen molar-refractivity contribution in [1.82, 2.24) is 0 Å². The molecule has 2 aliphatic carbocycles. The normalized spacial score (nSPS) is 20.1. The highest BCUT2D eigenvalue weighted by molar-refractivity contribution is 6.20. The molecule has 0 saturated carbocycles. The summed E-state index contributed by atoms with van der Waals surface area (Å²) in [5, 5.41) is 2.64. The van der Waals surface area contributed by atoms with Crippen LogP contribution in [0.1, 0.15) is 11.1 Å². The smallest absolute Gasteiger partial charge is 0.132 e. The summed E-state index contributed by atoms with van der Waals surface area (Å²) in [4.78, 5) is 0. The highest BCUT2D eigenvalue weighted by Gasteiger charge is 2.41. The molecule has 0 fully saturated rings. The molecule has 1 heteroatoms. The maximum Gasteiger partial charge on any atom is 0.132 e. The Morgan fingerprint density at radius 1 is 0.516 bits per heavy atom. The van der Waals surface area contributed by atoms with Gasteiger partial charge in [0.15, 0.2) is 0 Å². The molecule has 2 atom stereocenters. The summed E-state index contributed by atoms with van der Waals surface area (Å²) in [5.74, 6) is 1.36. The zero-order valence-electron chi connectivity index (χ0n) is 17.0. The van der Waals surface area contributed by atoms with Gasteiger partial charge in [0.05, 0.1) is 0 Å². The molecule has 4 aromatic rings. The van der Waals surface area contributed by atoms with Gasteiger partial charge in [0, 0.05) is 22.4 Å². The summed E-state index contributed by atoms with van der Waals surface area (Å²) in [5.41, 5.74) is 8.94. The highest BCUT2D eigenvalue weighted by atomic mass is 16.5. The molecule has 1 aliphatic heterocycles. The van der Waals surface area contributed by atoms with Crippen LogP contribution in [0.2, 0.25) is 0 Å². The van der Waals surface area contributed by atoms with Crippen LogP contribution in [0.15, 0.2) is 109 Å². The maximum atomic E-state index is 6.49. The zero-order chi connectivity index (χ0) is 20.4. The largest absolute Gasteiger partial charge is 0.484 e. The van der Waals surface area contributed by atoms with E-state index in [2.05, 4.69) is 109 Å². The molecule has 0 bridgehead atoms. The van der Waals surface area contributed by atoms with Crippen LogP contribution in [0.25, 0.3) is 44.4 Å². The van der Waals surface area contributed by atoms with E-state index in [4.69, 9.17) is 4.74 Å². The van der Waals surface area contributed by atoms with Crippen molar-refractivity contribution in [1.29, 1.82) is 0 Å². The molecular weight excluding hydrogens is 376 g/mol. The van der Waals surface area contributed by atoms with Gasteiger partial charge in [-0.1, -0.05) is 97.1 Å². The molecule has 0 N–H and O–H groups in total. The van der Waals surface area contributed by atoms with Crippen LogP contribution in [0, 0.1) is 5.92 Å². The first-order valence-electron chi connectivity index (χ1n) is 10.9. The molecule has 0 unspecified atom stereocenters. The quantitative estimate of drug-likeness (QED) is 0.341. The van der Waals surface area contributed by atoms with Gasteiger partial charge in [-0.05, 0) is 45.3 Å². The lowest BCUT2D eigenvalue weighted by Gasteiger charge is -2.21. The lowest BCUT2D eigenvalue weighted by molar-refractivity contribution is 0.213. The minimum absolute atomic E-state index is 0.112. The molecule has 3 aliphatic rings. The van der Waals surface area contributed by atoms with Gasteiger partial charge in [0.2, 0.25) is 0 Å². The van der Waals surface area contributed by atoms with Crippen molar-refractivity contribution >= 4 is 22.1 Å². The SMILES string of the molecule is C1=C[C@@H]2C3=C(O[C@@H]2C=C1)c1ccc(-c2ccccc2)c2c(-c4ccccc4)ccc3c12. The predicted molar refractivity (Wildman–Crippen MR) is 128 cm³/mol. The third kappa shape index (κ3) is 2.32. The monoisotopic (exact) mass is 396 g/mol. The van der Waals surface area contributed by atoms with Crippen LogP contribution in [0.4, 0.5) is 0 Å². The van der Waals surface area contributed by atoms with Crippen LogP contribution < -0.4 is 0 Å². The van der Waals surface area contributed by atoms with E-state index in [-0.39, 0.29) is 6.10 Å². The summed E-state index contributed by atoms with van der Waals surface area (Å²) < 4.78 is 6.49. The Morgan fingerprint density at radius 3 is 1.74 bits per heavy atom. The zero-order valence-corrected chi connectivity index (χ0v) is 17.0. The van der Waals surface area contributed by atoms with Crippen molar-refractivity contribution in [2.75, 3.05) is 0 Å². The third-order valence-corrected chi connectivity index (χ3v) is 6.78. The molecule has 0 radical (unpaired) electrons. The van der Waals surface area contributed by atoms with Crippen LogP contribution in [0.5, 0.6) is 0 Å². The number of hydrogen-bond acceptors (Lipinski definition) is 1. The average Bonchev–Trinajstić information content (AvgIpc) is 3.37. The lowest BCUT2D eigenvalue weighted by Crippen LogP contribution is -2.16. The van der Waals surface area contributed by atoms with Gasteiger partial charge in [-0.15, -0.1) is 0 Å². The Bertz CT molecular complexity index is 1390. The van der Waals surface area contributed by atoms with E-state index in [0.717, 1.165) is 5.76 Å². The molecule has 0 spiro atoms. The Labute approximate surface area is 181 Å². The molecule has 1 nitrogen and oxygen atoms in total.